The molecular weight excluding hydrogens is 500 g/mol. The van der Waals surface area contributed by atoms with Crippen LogP contribution in [0.4, 0.5) is 14.7 Å². The van der Waals surface area contributed by atoms with Gasteiger partial charge < -0.3 is 20.5 Å². The fourth-order valence-electron chi connectivity index (χ4n) is 4.53. The lowest BCUT2D eigenvalue weighted by Crippen LogP contribution is -2.32. The number of anilines is 1. The van der Waals surface area contributed by atoms with E-state index in [2.05, 4.69) is 20.9 Å². The summed E-state index contributed by atoms with van der Waals surface area (Å²) in [6, 6.07) is 8.87. The number of rotatable bonds is 7. The van der Waals surface area contributed by atoms with E-state index in [0.717, 1.165) is 38.1 Å². The van der Waals surface area contributed by atoms with Crippen molar-refractivity contribution < 1.29 is 13.6 Å². The Hall–Kier alpha value is -3.63. The topological polar surface area (TPSA) is 96.8 Å². The number of carbonyl (C=O) groups is 1. The number of hydrogen-bond acceptors (Lipinski definition) is 6. The van der Waals surface area contributed by atoms with Gasteiger partial charge in [-0.25, -0.2) is 18.7 Å². The molecule has 1 atom stereocenters. The molecule has 0 saturated carbocycles. The van der Waals surface area contributed by atoms with Crippen LogP contribution in [0.25, 0.3) is 22.6 Å². The monoisotopic (exact) mass is 525 g/mol. The van der Waals surface area contributed by atoms with E-state index in [9.17, 15) is 13.6 Å². The zero-order valence-electron chi connectivity index (χ0n) is 20.2. The fourth-order valence-corrected chi connectivity index (χ4v) is 4.80. The standard InChI is InChI=1S/C26H26ClF2N7O/c1-30-25(37)17-5-6-18(19(27)10-17)23-34-22-13-33-26(32-12-15-4-7-20(28)21(29)9-15)35-24(22)36(23)14-16-3-2-8-31-11-16/h4-7,9-10,13,16,31H,2-3,8,11-12,14H2,1H3,(H,30,37)(H,32,33,35)/t16-/m1/s1. The summed E-state index contributed by atoms with van der Waals surface area (Å²) in [5.41, 5.74) is 2.94. The molecular formula is C26H26ClF2N7O. The number of halogens is 3. The summed E-state index contributed by atoms with van der Waals surface area (Å²) in [4.78, 5) is 25.9. The maximum atomic E-state index is 13.6. The van der Waals surface area contributed by atoms with Crippen molar-refractivity contribution in [3.05, 3.63) is 70.4 Å². The summed E-state index contributed by atoms with van der Waals surface area (Å²) < 4.78 is 28.9. The second-order valence-corrected chi connectivity index (χ2v) is 9.44. The van der Waals surface area contributed by atoms with Gasteiger partial charge in [0.2, 0.25) is 5.95 Å². The van der Waals surface area contributed by atoms with Crippen molar-refractivity contribution in [2.45, 2.75) is 25.9 Å². The highest BCUT2D eigenvalue weighted by Crippen LogP contribution is 2.32. The van der Waals surface area contributed by atoms with Crippen LogP contribution < -0.4 is 16.0 Å². The molecule has 0 bridgehead atoms. The number of hydrogen-bond donors (Lipinski definition) is 3. The molecule has 1 saturated heterocycles. The van der Waals surface area contributed by atoms with Crippen LogP contribution in [-0.2, 0) is 13.1 Å². The summed E-state index contributed by atoms with van der Waals surface area (Å²) in [6.45, 7) is 2.78. The molecule has 11 heteroatoms. The van der Waals surface area contributed by atoms with E-state index in [-0.39, 0.29) is 12.5 Å². The van der Waals surface area contributed by atoms with Crippen molar-refractivity contribution in [3.63, 3.8) is 0 Å². The van der Waals surface area contributed by atoms with Crippen LogP contribution in [0.15, 0.2) is 42.6 Å². The summed E-state index contributed by atoms with van der Waals surface area (Å²) in [5.74, 6) is -0.662. The van der Waals surface area contributed by atoms with Gasteiger partial charge in [-0.05, 0) is 67.7 Å². The molecule has 8 nitrogen and oxygen atoms in total. The van der Waals surface area contributed by atoms with E-state index >= 15 is 0 Å². The van der Waals surface area contributed by atoms with Crippen LogP contribution in [0.5, 0.6) is 0 Å². The van der Waals surface area contributed by atoms with E-state index in [0.29, 0.717) is 57.1 Å². The van der Waals surface area contributed by atoms with E-state index in [4.69, 9.17) is 21.6 Å². The lowest BCUT2D eigenvalue weighted by atomic mass is 9.99. The van der Waals surface area contributed by atoms with Crippen molar-refractivity contribution in [2.24, 2.45) is 5.92 Å². The minimum absolute atomic E-state index is 0.224. The largest absolute Gasteiger partial charge is 0.355 e. The third-order valence-corrected chi connectivity index (χ3v) is 6.77. The molecule has 1 aliphatic heterocycles. The Bertz CT molecular complexity index is 1450. The average Bonchev–Trinajstić information content (AvgIpc) is 3.26. The Morgan fingerprint density at radius 1 is 1.19 bits per heavy atom. The number of carbonyl (C=O) groups excluding carboxylic acids is 1. The number of aromatic nitrogens is 4. The zero-order valence-corrected chi connectivity index (χ0v) is 20.9. The summed E-state index contributed by atoms with van der Waals surface area (Å²) >= 11 is 6.63. The predicted octanol–water partition coefficient (Wildman–Crippen LogP) is 4.40. The zero-order chi connectivity index (χ0) is 25.9. The van der Waals surface area contributed by atoms with E-state index in [1.807, 2.05) is 4.57 Å². The highest BCUT2D eigenvalue weighted by Gasteiger charge is 2.22. The predicted molar refractivity (Wildman–Crippen MR) is 138 cm³/mol. The van der Waals surface area contributed by atoms with Gasteiger partial charge in [-0.2, -0.15) is 4.98 Å². The van der Waals surface area contributed by atoms with Crippen LogP contribution >= 0.6 is 11.6 Å². The summed E-state index contributed by atoms with van der Waals surface area (Å²) in [6.07, 6.45) is 3.79. The van der Waals surface area contributed by atoms with E-state index in [1.165, 1.54) is 6.07 Å². The molecule has 192 valence electrons. The minimum Gasteiger partial charge on any atom is -0.355 e. The Balaban J connectivity index is 1.51. The third kappa shape index (κ3) is 5.40. The number of benzene rings is 2. The minimum atomic E-state index is -0.904. The molecule has 2 aromatic heterocycles. The van der Waals surface area contributed by atoms with Crippen LogP contribution in [0.3, 0.4) is 0 Å². The van der Waals surface area contributed by atoms with Gasteiger partial charge in [-0.15, -0.1) is 0 Å². The van der Waals surface area contributed by atoms with Crippen LogP contribution in [0.2, 0.25) is 5.02 Å². The first-order chi connectivity index (χ1) is 17.9. The van der Waals surface area contributed by atoms with Crippen molar-refractivity contribution in [2.75, 3.05) is 25.5 Å². The van der Waals surface area contributed by atoms with Gasteiger partial charge in [-0.1, -0.05) is 17.7 Å². The SMILES string of the molecule is CNC(=O)c1ccc(-c2nc3cnc(NCc4ccc(F)c(F)c4)nc3n2C[C@@H]2CCCNC2)c(Cl)c1. The van der Waals surface area contributed by atoms with Crippen molar-refractivity contribution in [3.8, 4) is 11.4 Å². The highest BCUT2D eigenvalue weighted by atomic mass is 35.5. The van der Waals surface area contributed by atoms with Gasteiger partial charge in [0.25, 0.3) is 5.91 Å². The molecule has 1 aliphatic rings. The first-order valence-electron chi connectivity index (χ1n) is 12.1. The summed E-state index contributed by atoms with van der Waals surface area (Å²) in [7, 11) is 1.57. The first-order valence-corrected chi connectivity index (χ1v) is 12.4. The van der Waals surface area contributed by atoms with Gasteiger partial charge in [0, 0.05) is 31.3 Å². The molecule has 0 spiro atoms. The van der Waals surface area contributed by atoms with Gasteiger partial charge in [0.05, 0.1) is 11.2 Å². The molecule has 37 heavy (non-hydrogen) atoms. The number of amides is 1. The molecule has 0 unspecified atom stereocenters. The molecule has 2 aromatic carbocycles. The number of nitrogens with zero attached hydrogens (tertiary/aromatic N) is 4. The molecule has 5 rings (SSSR count). The normalized spacial score (nSPS) is 15.6. The Labute approximate surface area is 217 Å². The quantitative estimate of drug-likeness (QED) is 0.331. The first kappa shape index (κ1) is 25.0. The number of nitrogens with one attached hydrogen (secondary N) is 3. The maximum Gasteiger partial charge on any atom is 0.251 e. The fraction of sp³-hybridized carbons (Fsp3) is 0.308. The Morgan fingerprint density at radius 2 is 2.05 bits per heavy atom. The second-order valence-electron chi connectivity index (χ2n) is 9.04. The molecule has 3 heterocycles. The molecule has 0 radical (unpaired) electrons. The molecule has 1 amide bonds. The molecule has 0 aliphatic carbocycles. The van der Waals surface area contributed by atoms with Crippen molar-refractivity contribution in [1.29, 1.82) is 0 Å². The van der Waals surface area contributed by atoms with Gasteiger partial charge in [-0.3, -0.25) is 4.79 Å². The van der Waals surface area contributed by atoms with E-state index in [1.54, 1.807) is 31.4 Å². The van der Waals surface area contributed by atoms with Gasteiger partial charge in [0.1, 0.15) is 11.3 Å². The Kier molecular flexibility index (Phi) is 7.29. The third-order valence-electron chi connectivity index (χ3n) is 6.46. The van der Waals surface area contributed by atoms with Crippen molar-refractivity contribution >= 4 is 34.6 Å². The Morgan fingerprint density at radius 3 is 2.78 bits per heavy atom. The summed E-state index contributed by atoms with van der Waals surface area (Å²) in [5, 5.41) is 9.53. The van der Waals surface area contributed by atoms with Gasteiger partial charge >= 0.3 is 0 Å². The molecule has 1 fully saturated rings. The lowest BCUT2D eigenvalue weighted by molar-refractivity contribution is 0.0963. The van der Waals surface area contributed by atoms with Crippen LogP contribution in [0, 0.1) is 17.6 Å². The smallest absolute Gasteiger partial charge is 0.251 e. The molecule has 3 N–H and O–H groups in total. The highest BCUT2D eigenvalue weighted by molar-refractivity contribution is 6.33. The average molecular weight is 526 g/mol. The lowest BCUT2D eigenvalue weighted by Gasteiger charge is -2.24. The number of piperidine rings is 1. The van der Waals surface area contributed by atoms with Crippen molar-refractivity contribution in [1.82, 2.24) is 30.2 Å². The maximum absolute atomic E-state index is 13.6. The number of imidazole rings is 1. The molecule has 4 aromatic rings. The van der Waals surface area contributed by atoms with E-state index < -0.39 is 11.6 Å². The van der Waals surface area contributed by atoms with Crippen LogP contribution in [0.1, 0.15) is 28.8 Å². The van der Waals surface area contributed by atoms with Gasteiger partial charge in [0.15, 0.2) is 17.3 Å². The number of fused-ring (bicyclic) bond motifs is 1. The van der Waals surface area contributed by atoms with Crippen LogP contribution in [-0.4, -0.2) is 45.6 Å². The second kappa shape index (κ2) is 10.8.